The quantitative estimate of drug-likeness (QED) is 0.503. The van der Waals surface area contributed by atoms with Crippen LogP contribution in [0.4, 0.5) is 0 Å². The van der Waals surface area contributed by atoms with Gasteiger partial charge >= 0.3 is 0 Å². The Morgan fingerprint density at radius 2 is 0.810 bits per heavy atom. The van der Waals surface area contributed by atoms with Gasteiger partial charge < -0.3 is 0 Å². The largest absolute Gasteiger partial charge is 0.151 e. The van der Waals surface area contributed by atoms with Crippen molar-refractivity contribution in [3.05, 3.63) is 4.91 Å². The lowest BCUT2D eigenvalue weighted by molar-refractivity contribution is 0.408. The van der Waals surface area contributed by atoms with Gasteiger partial charge in [0, 0.05) is 0 Å². The fourth-order valence-corrected chi connectivity index (χ4v) is 3.60. The van der Waals surface area contributed by atoms with E-state index in [-0.39, 0.29) is 0 Å². The molecule has 0 spiro atoms. The molecule has 0 unspecified atom stereocenters. The summed E-state index contributed by atoms with van der Waals surface area (Å²) in [4.78, 5) is 10.6. The molecule has 0 bridgehead atoms. The lowest BCUT2D eigenvalue weighted by atomic mass is 9.94. The van der Waals surface area contributed by atoms with Crippen LogP contribution in [0.2, 0.25) is 0 Å². The van der Waals surface area contributed by atoms with E-state index in [1.165, 1.54) is 109 Å². The molecule has 0 saturated heterocycles. The summed E-state index contributed by atoms with van der Waals surface area (Å²) in [7, 11) is 0. The van der Waals surface area contributed by atoms with E-state index in [2.05, 4.69) is 5.18 Å². The molecule has 0 N–H and O–H groups in total. The SMILES string of the molecule is O=NCC1CCCCCCCCCCCCCCCCC1. The first kappa shape index (κ1) is 18.6. The van der Waals surface area contributed by atoms with E-state index < -0.39 is 0 Å². The molecule has 2 nitrogen and oxygen atoms in total. The number of hydrogen-bond acceptors (Lipinski definition) is 2. The van der Waals surface area contributed by atoms with Crippen molar-refractivity contribution in [1.29, 1.82) is 0 Å². The third-order valence-electron chi connectivity index (χ3n) is 5.06. The maximum absolute atomic E-state index is 10.6. The smallest absolute Gasteiger partial charge is 0.0839 e. The Morgan fingerprint density at radius 3 is 1.10 bits per heavy atom. The Balaban J connectivity index is 2.19. The summed E-state index contributed by atoms with van der Waals surface area (Å²) in [5, 5.41) is 3.16. The molecule has 2 heteroatoms. The summed E-state index contributed by atoms with van der Waals surface area (Å²) in [6, 6.07) is 0. The highest BCUT2D eigenvalue weighted by Gasteiger charge is 2.08. The van der Waals surface area contributed by atoms with Gasteiger partial charge in [0.2, 0.25) is 0 Å². The predicted molar refractivity (Wildman–Crippen MR) is 92.6 cm³/mol. The van der Waals surface area contributed by atoms with Crippen molar-refractivity contribution in [2.75, 3.05) is 6.54 Å². The first-order chi connectivity index (χ1) is 10.4. The Kier molecular flexibility index (Phi) is 12.9. The molecule has 1 fully saturated rings. The van der Waals surface area contributed by atoms with Crippen molar-refractivity contribution in [2.45, 2.75) is 109 Å². The van der Waals surface area contributed by atoms with Gasteiger partial charge in [-0.05, 0) is 18.8 Å². The minimum atomic E-state index is 0.556. The van der Waals surface area contributed by atoms with Crippen LogP contribution >= 0.6 is 0 Å². The van der Waals surface area contributed by atoms with E-state index in [1.54, 1.807) is 0 Å². The Labute approximate surface area is 132 Å². The van der Waals surface area contributed by atoms with Crippen molar-refractivity contribution in [3.8, 4) is 0 Å². The van der Waals surface area contributed by atoms with Crippen molar-refractivity contribution in [1.82, 2.24) is 0 Å². The van der Waals surface area contributed by atoms with Gasteiger partial charge in [0.25, 0.3) is 0 Å². The molecule has 0 aromatic carbocycles. The third-order valence-corrected chi connectivity index (χ3v) is 5.06. The van der Waals surface area contributed by atoms with Gasteiger partial charge in [0.05, 0.1) is 6.54 Å². The van der Waals surface area contributed by atoms with Crippen molar-refractivity contribution in [3.63, 3.8) is 0 Å². The fourth-order valence-electron chi connectivity index (χ4n) is 3.60. The second-order valence-electron chi connectivity index (χ2n) is 7.06. The van der Waals surface area contributed by atoms with E-state index in [0.717, 1.165) is 0 Å². The summed E-state index contributed by atoms with van der Waals surface area (Å²) in [5.74, 6) is 0.571. The minimum Gasteiger partial charge on any atom is -0.151 e. The molecule has 1 aliphatic rings. The van der Waals surface area contributed by atoms with E-state index in [4.69, 9.17) is 0 Å². The van der Waals surface area contributed by atoms with Crippen LogP contribution in [0.1, 0.15) is 109 Å². The van der Waals surface area contributed by atoms with Gasteiger partial charge in [-0.1, -0.05) is 101 Å². The zero-order valence-corrected chi connectivity index (χ0v) is 14.2. The molecule has 1 saturated carbocycles. The summed E-state index contributed by atoms with van der Waals surface area (Å²) in [6.45, 7) is 0.556. The molecule has 0 aromatic rings. The van der Waals surface area contributed by atoms with Gasteiger partial charge in [-0.2, -0.15) is 4.91 Å². The Morgan fingerprint density at radius 1 is 0.524 bits per heavy atom. The van der Waals surface area contributed by atoms with E-state index in [1.807, 2.05) is 0 Å². The van der Waals surface area contributed by atoms with E-state index in [9.17, 15) is 4.91 Å². The average molecular weight is 296 g/mol. The molecule has 0 amide bonds. The van der Waals surface area contributed by atoms with Crippen molar-refractivity contribution < 1.29 is 0 Å². The molecule has 21 heavy (non-hydrogen) atoms. The number of nitroso groups, excluding NO2 is 1. The molecular formula is C19H37NO. The van der Waals surface area contributed by atoms with Gasteiger partial charge in [-0.3, -0.25) is 0 Å². The maximum Gasteiger partial charge on any atom is 0.0839 e. The lowest BCUT2D eigenvalue weighted by Gasteiger charge is -2.13. The number of hydrogen-bond donors (Lipinski definition) is 0. The molecular weight excluding hydrogens is 258 g/mol. The van der Waals surface area contributed by atoms with Crippen LogP contribution in [-0.4, -0.2) is 6.54 Å². The lowest BCUT2D eigenvalue weighted by Crippen LogP contribution is -2.04. The summed E-state index contributed by atoms with van der Waals surface area (Å²) >= 11 is 0. The van der Waals surface area contributed by atoms with Crippen LogP contribution in [0.3, 0.4) is 0 Å². The Bertz CT molecular complexity index is 212. The minimum absolute atomic E-state index is 0.556. The predicted octanol–water partition coefficient (Wildman–Crippen LogP) is 7.01. The first-order valence-electron chi connectivity index (χ1n) is 9.72. The maximum atomic E-state index is 10.6. The van der Waals surface area contributed by atoms with Crippen LogP contribution < -0.4 is 0 Å². The third kappa shape index (κ3) is 11.9. The summed E-state index contributed by atoms with van der Waals surface area (Å²) < 4.78 is 0. The van der Waals surface area contributed by atoms with Crippen LogP contribution in [0.15, 0.2) is 5.18 Å². The second-order valence-corrected chi connectivity index (χ2v) is 7.06. The topological polar surface area (TPSA) is 29.4 Å². The standard InChI is InChI=1S/C19H37NO/c21-20-18-19-16-14-12-10-8-6-4-2-1-3-5-7-9-11-13-15-17-19/h19H,1-18H2. The zero-order chi connectivity index (χ0) is 15.0. The molecule has 124 valence electrons. The van der Waals surface area contributed by atoms with Crippen LogP contribution in [0.5, 0.6) is 0 Å². The van der Waals surface area contributed by atoms with Crippen LogP contribution in [0.25, 0.3) is 0 Å². The highest BCUT2D eigenvalue weighted by Crippen LogP contribution is 2.20. The summed E-state index contributed by atoms with van der Waals surface area (Å²) in [5.41, 5.74) is 0. The van der Waals surface area contributed by atoms with Gasteiger partial charge in [-0.15, -0.1) is 0 Å². The van der Waals surface area contributed by atoms with Crippen LogP contribution in [-0.2, 0) is 0 Å². The highest BCUT2D eigenvalue weighted by atomic mass is 16.3. The van der Waals surface area contributed by atoms with Crippen molar-refractivity contribution in [2.24, 2.45) is 11.1 Å². The number of nitrogens with zero attached hydrogens (tertiary/aromatic N) is 1. The number of rotatable bonds is 2. The second kappa shape index (κ2) is 14.5. The zero-order valence-electron chi connectivity index (χ0n) is 14.2. The van der Waals surface area contributed by atoms with Crippen molar-refractivity contribution >= 4 is 0 Å². The molecule has 0 radical (unpaired) electrons. The Hall–Kier alpha value is -0.400. The molecule has 0 aliphatic heterocycles. The molecule has 0 aromatic heterocycles. The summed E-state index contributed by atoms with van der Waals surface area (Å²) in [6.07, 6.45) is 23.5. The fraction of sp³-hybridized carbons (Fsp3) is 1.00. The monoisotopic (exact) mass is 295 g/mol. The molecule has 1 rings (SSSR count). The van der Waals surface area contributed by atoms with Gasteiger partial charge in [-0.25, -0.2) is 0 Å². The molecule has 1 aliphatic carbocycles. The molecule has 0 heterocycles. The van der Waals surface area contributed by atoms with Crippen LogP contribution in [0, 0.1) is 10.8 Å². The average Bonchev–Trinajstić information content (AvgIpc) is 2.49. The normalized spacial score (nSPS) is 23.0. The first-order valence-corrected chi connectivity index (χ1v) is 9.72. The van der Waals surface area contributed by atoms with Gasteiger partial charge in [0.15, 0.2) is 0 Å². The van der Waals surface area contributed by atoms with E-state index >= 15 is 0 Å². The highest BCUT2D eigenvalue weighted by molar-refractivity contribution is 4.63. The molecule has 0 atom stereocenters. The van der Waals surface area contributed by atoms with Gasteiger partial charge in [0.1, 0.15) is 0 Å². The van der Waals surface area contributed by atoms with E-state index in [0.29, 0.717) is 12.5 Å².